The van der Waals surface area contributed by atoms with Crippen LogP contribution in [-0.4, -0.2) is 37.0 Å². The van der Waals surface area contributed by atoms with Gasteiger partial charge in [-0.05, 0) is 21.9 Å². The standard InChI is InChI=1S/C9H7N5O2S/c15-8(16)5-4-6(7-2-1-3-17-7)14-9(10-5)11-12-13-14/h1-3,6H,4H2,(H,15,16). The fourth-order valence-corrected chi connectivity index (χ4v) is 2.55. The molecule has 0 saturated heterocycles. The zero-order valence-electron chi connectivity index (χ0n) is 8.52. The van der Waals surface area contributed by atoms with Gasteiger partial charge in [-0.15, -0.1) is 11.3 Å². The lowest BCUT2D eigenvalue weighted by atomic mass is 10.1. The van der Waals surface area contributed by atoms with Crippen molar-refractivity contribution in [1.82, 2.24) is 20.2 Å². The summed E-state index contributed by atoms with van der Waals surface area (Å²) in [6, 6.07) is 3.67. The lowest BCUT2D eigenvalue weighted by Gasteiger charge is -2.19. The van der Waals surface area contributed by atoms with Gasteiger partial charge >= 0.3 is 5.97 Å². The Morgan fingerprint density at radius 2 is 2.47 bits per heavy atom. The molecule has 0 aromatic carbocycles. The summed E-state index contributed by atoms with van der Waals surface area (Å²) in [5.74, 6) is -0.784. The van der Waals surface area contributed by atoms with E-state index in [1.165, 1.54) is 0 Å². The van der Waals surface area contributed by atoms with Crippen LogP contribution in [0.15, 0.2) is 22.5 Å². The third-order valence-electron chi connectivity index (χ3n) is 2.51. The van der Waals surface area contributed by atoms with E-state index in [1.54, 1.807) is 16.0 Å². The summed E-state index contributed by atoms with van der Waals surface area (Å²) >= 11 is 1.55. The number of hydrogen-bond acceptors (Lipinski definition) is 6. The molecule has 2 aromatic rings. The Kier molecular flexibility index (Phi) is 2.22. The third-order valence-corrected chi connectivity index (χ3v) is 3.48. The summed E-state index contributed by atoms with van der Waals surface area (Å²) in [6.07, 6.45) is 0.299. The number of aromatic nitrogens is 4. The van der Waals surface area contributed by atoms with Crippen molar-refractivity contribution in [3.63, 3.8) is 0 Å². The van der Waals surface area contributed by atoms with Crippen LogP contribution in [0.2, 0.25) is 0 Å². The number of carboxylic acid groups (broad SMARTS) is 1. The predicted molar refractivity (Wildman–Crippen MR) is 59.6 cm³/mol. The number of carbonyl (C=O) groups is 1. The van der Waals surface area contributed by atoms with Crippen molar-refractivity contribution in [3.8, 4) is 0 Å². The summed E-state index contributed by atoms with van der Waals surface area (Å²) in [5, 5.41) is 22.0. The van der Waals surface area contributed by atoms with Gasteiger partial charge in [0.15, 0.2) is 0 Å². The fourth-order valence-electron chi connectivity index (χ4n) is 1.74. The number of aliphatic carboxylic acids is 1. The highest BCUT2D eigenvalue weighted by Gasteiger charge is 2.29. The zero-order valence-corrected chi connectivity index (χ0v) is 9.33. The molecule has 0 radical (unpaired) electrons. The van der Waals surface area contributed by atoms with Crippen LogP contribution in [0.5, 0.6) is 0 Å². The second kappa shape index (κ2) is 3.74. The van der Waals surface area contributed by atoms with Crippen molar-refractivity contribution in [2.75, 3.05) is 0 Å². The van der Waals surface area contributed by atoms with Crippen LogP contribution in [0.4, 0.5) is 5.95 Å². The highest BCUT2D eigenvalue weighted by Crippen LogP contribution is 2.32. The third kappa shape index (κ3) is 1.62. The molecule has 0 fully saturated rings. The quantitative estimate of drug-likeness (QED) is 0.852. The molecule has 3 heterocycles. The van der Waals surface area contributed by atoms with E-state index in [0.717, 1.165) is 4.88 Å². The highest BCUT2D eigenvalue weighted by atomic mass is 32.1. The van der Waals surface area contributed by atoms with Crippen molar-refractivity contribution < 1.29 is 9.90 Å². The summed E-state index contributed by atoms with van der Waals surface area (Å²) in [5.41, 5.74) is 0.0886. The normalized spacial score (nSPS) is 18.6. The van der Waals surface area contributed by atoms with Gasteiger partial charge in [0.2, 0.25) is 0 Å². The summed E-state index contributed by atoms with van der Waals surface area (Å²) in [7, 11) is 0. The van der Waals surface area contributed by atoms with Crippen LogP contribution < -0.4 is 0 Å². The van der Waals surface area contributed by atoms with Crippen LogP contribution in [0, 0.1) is 0 Å². The average Bonchev–Trinajstić information content (AvgIpc) is 2.98. The highest BCUT2D eigenvalue weighted by molar-refractivity contribution is 7.10. The molecular formula is C9H7N5O2S. The number of tetrazole rings is 1. The van der Waals surface area contributed by atoms with Crippen LogP contribution in [-0.2, 0) is 4.79 Å². The largest absolute Gasteiger partial charge is 0.477 e. The van der Waals surface area contributed by atoms with Gasteiger partial charge in [0.1, 0.15) is 5.71 Å². The Hall–Kier alpha value is -2.09. The van der Waals surface area contributed by atoms with Crippen LogP contribution in [0.1, 0.15) is 17.3 Å². The van der Waals surface area contributed by atoms with Gasteiger partial charge < -0.3 is 5.11 Å². The van der Waals surface area contributed by atoms with Crippen LogP contribution in [0.3, 0.4) is 0 Å². The maximum absolute atomic E-state index is 11.0. The van der Waals surface area contributed by atoms with Crippen LogP contribution >= 0.6 is 11.3 Å². The Morgan fingerprint density at radius 1 is 1.59 bits per heavy atom. The summed E-state index contributed by atoms with van der Waals surface area (Å²) in [4.78, 5) is 15.9. The second-order valence-corrected chi connectivity index (χ2v) is 4.50. The first-order valence-corrected chi connectivity index (χ1v) is 5.76. The van der Waals surface area contributed by atoms with Gasteiger partial charge in [-0.1, -0.05) is 11.2 Å². The molecule has 2 aromatic heterocycles. The predicted octanol–water partition coefficient (Wildman–Crippen LogP) is 0.885. The molecule has 1 aliphatic rings. The molecular weight excluding hydrogens is 242 g/mol. The number of rotatable bonds is 2. The van der Waals surface area contributed by atoms with E-state index in [1.807, 2.05) is 17.5 Å². The summed E-state index contributed by atoms with van der Waals surface area (Å²) in [6.45, 7) is 0. The molecule has 7 nitrogen and oxygen atoms in total. The van der Waals surface area contributed by atoms with Gasteiger partial charge in [-0.2, -0.15) is 0 Å². The SMILES string of the molecule is O=C(O)C1=Nc2nnnn2C(c2cccs2)C1. The number of thiophene rings is 1. The van der Waals surface area contributed by atoms with E-state index in [0.29, 0.717) is 6.42 Å². The van der Waals surface area contributed by atoms with E-state index in [-0.39, 0.29) is 17.7 Å². The molecule has 1 N–H and O–H groups in total. The molecule has 86 valence electrons. The minimum absolute atomic E-state index is 0.0886. The minimum atomic E-state index is -1.03. The monoisotopic (exact) mass is 249 g/mol. The first kappa shape index (κ1) is 10.1. The lowest BCUT2D eigenvalue weighted by molar-refractivity contribution is -0.129. The van der Waals surface area contributed by atoms with Gasteiger partial charge in [0, 0.05) is 11.3 Å². The maximum atomic E-state index is 11.0. The van der Waals surface area contributed by atoms with E-state index in [2.05, 4.69) is 20.5 Å². The molecule has 0 saturated carbocycles. The average molecular weight is 249 g/mol. The number of fused-ring (bicyclic) bond motifs is 1. The zero-order chi connectivity index (χ0) is 11.8. The van der Waals surface area contributed by atoms with Crippen molar-refractivity contribution in [2.45, 2.75) is 12.5 Å². The van der Waals surface area contributed by atoms with Crippen LogP contribution in [0.25, 0.3) is 0 Å². The van der Waals surface area contributed by atoms with Gasteiger partial charge in [-0.3, -0.25) is 0 Å². The van der Waals surface area contributed by atoms with Crippen molar-refractivity contribution in [3.05, 3.63) is 22.4 Å². The molecule has 0 bridgehead atoms. The smallest absolute Gasteiger partial charge is 0.350 e. The maximum Gasteiger partial charge on any atom is 0.350 e. The topological polar surface area (TPSA) is 93.3 Å². The van der Waals surface area contributed by atoms with Crippen molar-refractivity contribution in [1.29, 1.82) is 0 Å². The molecule has 1 atom stereocenters. The van der Waals surface area contributed by atoms with E-state index in [9.17, 15) is 4.79 Å². The Bertz CT molecular complexity index is 588. The van der Waals surface area contributed by atoms with E-state index in [4.69, 9.17) is 5.11 Å². The first-order valence-electron chi connectivity index (χ1n) is 4.88. The number of aliphatic imine (C=N–C) groups is 1. The van der Waals surface area contributed by atoms with Crippen molar-refractivity contribution >= 4 is 29.0 Å². The second-order valence-electron chi connectivity index (χ2n) is 3.52. The minimum Gasteiger partial charge on any atom is -0.477 e. The molecule has 1 aliphatic heterocycles. The van der Waals surface area contributed by atoms with Gasteiger partial charge in [0.25, 0.3) is 5.95 Å². The van der Waals surface area contributed by atoms with Crippen molar-refractivity contribution in [2.24, 2.45) is 4.99 Å². The van der Waals surface area contributed by atoms with Gasteiger partial charge in [-0.25, -0.2) is 14.5 Å². The summed E-state index contributed by atoms with van der Waals surface area (Å²) < 4.78 is 1.55. The molecule has 3 rings (SSSR count). The number of hydrogen-bond donors (Lipinski definition) is 1. The molecule has 0 aliphatic carbocycles. The molecule has 0 spiro atoms. The Labute approximate surface area is 99.4 Å². The molecule has 17 heavy (non-hydrogen) atoms. The first-order chi connectivity index (χ1) is 8.25. The lowest BCUT2D eigenvalue weighted by Crippen LogP contribution is -2.24. The van der Waals surface area contributed by atoms with E-state index < -0.39 is 5.97 Å². The Morgan fingerprint density at radius 3 is 3.18 bits per heavy atom. The van der Waals surface area contributed by atoms with Gasteiger partial charge in [0.05, 0.1) is 6.04 Å². The fraction of sp³-hybridized carbons (Fsp3) is 0.222. The number of nitrogens with zero attached hydrogens (tertiary/aromatic N) is 5. The molecule has 8 heteroatoms. The number of carboxylic acids is 1. The molecule has 1 unspecified atom stereocenters. The Balaban J connectivity index is 2.09. The van der Waals surface area contributed by atoms with E-state index >= 15 is 0 Å². The molecule has 0 amide bonds.